The monoisotopic (exact) mass is 601 g/mol. The van der Waals surface area contributed by atoms with Crippen LogP contribution in [-0.4, -0.2) is 54.9 Å². The molecular formula is C29H25Cl2NO7S. The number of nitrogens with zero attached hydrogens (tertiary/aromatic N) is 1. The summed E-state index contributed by atoms with van der Waals surface area (Å²) in [5.74, 6) is -3.87. The number of carbonyl (C=O) groups is 4. The molecular weight excluding hydrogens is 577 g/mol. The molecule has 0 saturated heterocycles. The number of benzene rings is 3. The maximum absolute atomic E-state index is 13.7. The lowest BCUT2D eigenvalue weighted by Gasteiger charge is -2.27. The molecule has 1 aliphatic rings. The summed E-state index contributed by atoms with van der Waals surface area (Å²) in [7, 11) is -3.61. The quantitative estimate of drug-likeness (QED) is 0.188. The van der Waals surface area contributed by atoms with E-state index in [0.717, 1.165) is 17.4 Å². The Hall–Kier alpha value is -3.53. The lowest BCUT2D eigenvalue weighted by molar-refractivity contribution is -0.152. The summed E-state index contributed by atoms with van der Waals surface area (Å²) in [5.41, 5.74) is 2.32. The molecule has 1 heterocycles. The number of Topliss-reactive ketones (excluding diaryl/α,β-unsaturated/α-hetero) is 1. The number of rotatable bonds is 9. The zero-order valence-electron chi connectivity index (χ0n) is 21.8. The van der Waals surface area contributed by atoms with Gasteiger partial charge in [0.05, 0.1) is 26.9 Å². The predicted octanol–water partition coefficient (Wildman–Crippen LogP) is 5.18. The Labute approximate surface area is 241 Å². The third-order valence-corrected chi connectivity index (χ3v) is 8.37. The van der Waals surface area contributed by atoms with Crippen LogP contribution in [0.3, 0.4) is 0 Å². The van der Waals surface area contributed by atoms with Gasteiger partial charge in [0.25, 0.3) is 11.8 Å². The summed E-state index contributed by atoms with van der Waals surface area (Å²) >= 11 is 12.1. The second kappa shape index (κ2) is 11.5. The zero-order chi connectivity index (χ0) is 29.4. The van der Waals surface area contributed by atoms with E-state index in [1.165, 1.54) is 12.1 Å². The van der Waals surface area contributed by atoms with Crippen molar-refractivity contribution in [1.29, 1.82) is 0 Å². The maximum atomic E-state index is 13.7. The molecule has 0 unspecified atom stereocenters. The first-order valence-corrected chi connectivity index (χ1v) is 15.0. The standard InChI is InChI=1S/C29H25Cl2NO7S/c1-16-9-10-19(13-17(16)2)25(33)26(18-7-5-4-6-8-18)39-29(36)24(11-12-40(3,37)38)32-27(34)20-14-22(30)23(31)15-21(20)28(32)35/h4-10,13-15,24,26H,11-12H2,1-3H3/t24-,26+/m0/s1. The van der Waals surface area contributed by atoms with Crippen molar-refractivity contribution in [3.05, 3.63) is 104 Å². The van der Waals surface area contributed by atoms with E-state index in [9.17, 15) is 27.6 Å². The van der Waals surface area contributed by atoms with Gasteiger partial charge >= 0.3 is 5.97 Å². The fourth-order valence-corrected chi connectivity index (χ4v) is 5.33. The Bertz CT molecular complexity index is 1600. The Balaban J connectivity index is 1.73. The van der Waals surface area contributed by atoms with Gasteiger partial charge in [0.15, 0.2) is 6.10 Å². The number of imide groups is 1. The van der Waals surface area contributed by atoms with E-state index in [1.54, 1.807) is 48.5 Å². The molecule has 208 valence electrons. The van der Waals surface area contributed by atoms with Gasteiger partial charge in [-0.3, -0.25) is 19.3 Å². The average molecular weight is 602 g/mol. The van der Waals surface area contributed by atoms with Crippen molar-refractivity contribution in [2.24, 2.45) is 0 Å². The minimum Gasteiger partial charge on any atom is -0.447 e. The van der Waals surface area contributed by atoms with Gasteiger partial charge in [0.2, 0.25) is 5.78 Å². The van der Waals surface area contributed by atoms with Crippen molar-refractivity contribution in [2.75, 3.05) is 12.0 Å². The average Bonchev–Trinajstić information content (AvgIpc) is 3.13. The number of carbonyl (C=O) groups excluding carboxylic acids is 4. The van der Waals surface area contributed by atoms with E-state index >= 15 is 0 Å². The van der Waals surface area contributed by atoms with Crippen molar-refractivity contribution in [2.45, 2.75) is 32.4 Å². The van der Waals surface area contributed by atoms with Crippen LogP contribution in [0.4, 0.5) is 0 Å². The van der Waals surface area contributed by atoms with Crippen LogP contribution in [-0.2, 0) is 19.4 Å². The van der Waals surface area contributed by atoms with Crippen LogP contribution < -0.4 is 0 Å². The number of ketones is 1. The zero-order valence-corrected chi connectivity index (χ0v) is 24.1. The molecule has 0 fully saturated rings. The van der Waals surface area contributed by atoms with Gasteiger partial charge in [-0.15, -0.1) is 0 Å². The third-order valence-electron chi connectivity index (χ3n) is 6.67. The number of hydrogen-bond donors (Lipinski definition) is 0. The molecule has 4 rings (SSSR count). The van der Waals surface area contributed by atoms with E-state index in [-0.39, 0.29) is 21.2 Å². The number of amides is 2. The molecule has 0 aliphatic carbocycles. The first kappa shape index (κ1) is 29.5. The fraction of sp³-hybridized carbons (Fsp3) is 0.241. The molecule has 1 aliphatic heterocycles. The molecule has 0 aromatic heterocycles. The minimum atomic E-state index is -3.61. The molecule has 0 bridgehead atoms. The molecule has 40 heavy (non-hydrogen) atoms. The van der Waals surface area contributed by atoms with Gasteiger partial charge in [-0.25, -0.2) is 13.2 Å². The van der Waals surface area contributed by atoms with Crippen LogP contribution in [0.25, 0.3) is 0 Å². The highest BCUT2D eigenvalue weighted by molar-refractivity contribution is 7.90. The van der Waals surface area contributed by atoms with Gasteiger partial charge in [-0.05, 0) is 49.6 Å². The lowest BCUT2D eigenvalue weighted by atomic mass is 9.97. The molecule has 3 aromatic carbocycles. The van der Waals surface area contributed by atoms with Crippen LogP contribution in [0.1, 0.15) is 60.3 Å². The number of aryl methyl sites for hydroxylation is 2. The minimum absolute atomic E-state index is 0.0295. The molecule has 2 amide bonds. The molecule has 0 spiro atoms. The maximum Gasteiger partial charge on any atom is 0.330 e. The normalized spacial score (nSPS) is 14.6. The molecule has 3 aromatic rings. The number of fused-ring (bicyclic) bond motifs is 1. The highest BCUT2D eigenvalue weighted by atomic mass is 35.5. The van der Waals surface area contributed by atoms with Crippen molar-refractivity contribution in [1.82, 2.24) is 4.90 Å². The van der Waals surface area contributed by atoms with Gasteiger partial charge in [0.1, 0.15) is 15.9 Å². The molecule has 8 nitrogen and oxygen atoms in total. The van der Waals surface area contributed by atoms with Crippen LogP contribution in [0.2, 0.25) is 10.0 Å². The summed E-state index contributed by atoms with van der Waals surface area (Å²) in [6.45, 7) is 3.74. The van der Waals surface area contributed by atoms with E-state index in [2.05, 4.69) is 0 Å². The van der Waals surface area contributed by atoms with Gasteiger partial charge in [-0.1, -0.05) is 65.7 Å². The van der Waals surface area contributed by atoms with E-state index in [4.69, 9.17) is 27.9 Å². The predicted molar refractivity (Wildman–Crippen MR) is 151 cm³/mol. The largest absolute Gasteiger partial charge is 0.447 e. The first-order chi connectivity index (χ1) is 18.8. The van der Waals surface area contributed by atoms with Crippen molar-refractivity contribution >= 4 is 56.6 Å². The topological polar surface area (TPSA) is 115 Å². The number of hydrogen-bond acceptors (Lipinski definition) is 7. The van der Waals surface area contributed by atoms with Crippen LogP contribution in [0.5, 0.6) is 0 Å². The van der Waals surface area contributed by atoms with E-state index in [0.29, 0.717) is 16.0 Å². The number of ether oxygens (including phenoxy) is 1. The van der Waals surface area contributed by atoms with Gasteiger partial charge in [0, 0.05) is 17.4 Å². The molecule has 2 atom stereocenters. The van der Waals surface area contributed by atoms with Crippen molar-refractivity contribution < 1.29 is 32.3 Å². The summed E-state index contributed by atoms with van der Waals surface area (Å²) in [6.07, 6.45) is -0.896. The van der Waals surface area contributed by atoms with Gasteiger partial charge in [-0.2, -0.15) is 0 Å². The summed E-state index contributed by atoms with van der Waals surface area (Å²) < 4.78 is 29.7. The number of halogens is 2. The summed E-state index contributed by atoms with van der Waals surface area (Å²) in [4.78, 5) is 54.6. The Morgan fingerprint density at radius 3 is 1.98 bits per heavy atom. The smallest absolute Gasteiger partial charge is 0.330 e. The SMILES string of the molecule is Cc1ccc(C(=O)[C@H](OC(=O)[C@H](CCS(C)(=O)=O)N2C(=O)c3cc(Cl)c(Cl)cc3C2=O)c2ccccc2)cc1C. The van der Waals surface area contributed by atoms with Crippen molar-refractivity contribution in [3.63, 3.8) is 0 Å². The van der Waals surface area contributed by atoms with Crippen molar-refractivity contribution in [3.8, 4) is 0 Å². The Morgan fingerprint density at radius 2 is 1.45 bits per heavy atom. The Kier molecular flexibility index (Phi) is 8.49. The molecule has 0 radical (unpaired) electrons. The molecule has 0 saturated carbocycles. The fourth-order valence-electron chi connectivity index (χ4n) is 4.36. The highest BCUT2D eigenvalue weighted by Gasteiger charge is 2.45. The summed E-state index contributed by atoms with van der Waals surface area (Å²) in [5, 5.41) is 0.0589. The second-order valence-corrected chi connectivity index (χ2v) is 12.7. The number of esters is 1. The summed E-state index contributed by atoms with van der Waals surface area (Å²) in [6, 6.07) is 14.1. The molecule has 11 heteroatoms. The highest BCUT2D eigenvalue weighted by Crippen LogP contribution is 2.34. The number of sulfone groups is 1. The van der Waals surface area contributed by atoms with Gasteiger partial charge < -0.3 is 4.74 Å². The second-order valence-electron chi connectivity index (χ2n) is 9.62. The van der Waals surface area contributed by atoms with Crippen LogP contribution in [0.15, 0.2) is 60.7 Å². The first-order valence-electron chi connectivity index (χ1n) is 12.2. The van der Waals surface area contributed by atoms with E-state index in [1.807, 2.05) is 13.8 Å². The van der Waals surface area contributed by atoms with E-state index < -0.39 is 57.7 Å². The Morgan fingerprint density at radius 1 is 0.875 bits per heavy atom. The molecule has 0 N–H and O–H groups in total. The third kappa shape index (κ3) is 6.11. The van der Waals surface area contributed by atoms with Crippen LogP contribution >= 0.6 is 23.2 Å². The lowest BCUT2D eigenvalue weighted by Crippen LogP contribution is -2.47. The van der Waals surface area contributed by atoms with Crippen LogP contribution in [0, 0.1) is 13.8 Å².